The maximum atomic E-state index is 11.4. The van der Waals surface area contributed by atoms with Crippen molar-refractivity contribution in [3.63, 3.8) is 0 Å². The van der Waals surface area contributed by atoms with E-state index in [4.69, 9.17) is 4.74 Å². The predicted molar refractivity (Wildman–Crippen MR) is 50.7 cm³/mol. The highest BCUT2D eigenvalue weighted by Crippen LogP contribution is 2.09. The minimum absolute atomic E-state index is 0.154. The van der Waals surface area contributed by atoms with Crippen molar-refractivity contribution in [1.82, 2.24) is 5.16 Å². The molecule has 1 N–H and O–H groups in total. The molecular weight excluding hydrogens is 198 g/mol. The number of para-hydroxylation sites is 1. The van der Waals surface area contributed by atoms with E-state index < -0.39 is 11.6 Å². The second kappa shape index (κ2) is 3.83. The highest BCUT2D eigenvalue weighted by atomic mass is 16.5. The van der Waals surface area contributed by atoms with Gasteiger partial charge in [0.2, 0.25) is 0 Å². The summed E-state index contributed by atoms with van der Waals surface area (Å²) in [5.41, 5.74) is -0.894. The van der Waals surface area contributed by atoms with Crippen LogP contribution in [-0.2, 0) is 0 Å². The van der Waals surface area contributed by atoms with Crippen molar-refractivity contribution in [2.45, 2.75) is 0 Å². The Labute approximate surface area is 84.3 Å². The first-order chi connectivity index (χ1) is 7.27. The number of carbonyl (C=O) groups is 1. The Hall–Kier alpha value is -2.30. The van der Waals surface area contributed by atoms with Gasteiger partial charge in [-0.3, -0.25) is 0 Å². The number of carbonyl (C=O) groups excluding carboxylic acids is 1. The first kappa shape index (κ1) is 9.26. The molecule has 2 rings (SSSR count). The molecule has 15 heavy (non-hydrogen) atoms. The first-order valence-electron chi connectivity index (χ1n) is 4.21. The van der Waals surface area contributed by atoms with Crippen LogP contribution in [0.5, 0.6) is 5.75 Å². The number of nitrogens with one attached hydrogen (secondary N) is 1. The molecule has 5 nitrogen and oxygen atoms in total. The number of esters is 1. The zero-order valence-electron chi connectivity index (χ0n) is 7.60. The lowest BCUT2D eigenvalue weighted by atomic mass is 10.3. The van der Waals surface area contributed by atoms with Gasteiger partial charge in [0.1, 0.15) is 5.75 Å². The molecule has 1 aromatic carbocycles. The standard InChI is InChI=1S/C10H7NO4/c12-9(8-6-11-15-10(8)13)14-7-4-2-1-3-5-7/h1-6,11H. The fourth-order valence-electron chi connectivity index (χ4n) is 1.05. The van der Waals surface area contributed by atoms with Gasteiger partial charge in [-0.25, -0.2) is 14.7 Å². The average Bonchev–Trinajstić information content (AvgIpc) is 2.66. The predicted octanol–water partition coefficient (Wildman–Crippen LogP) is 1.19. The van der Waals surface area contributed by atoms with Gasteiger partial charge in [-0.2, -0.15) is 0 Å². The Morgan fingerprint density at radius 1 is 1.27 bits per heavy atom. The van der Waals surface area contributed by atoms with Gasteiger partial charge in [0, 0.05) is 0 Å². The van der Waals surface area contributed by atoms with Crippen LogP contribution in [0.15, 0.2) is 45.8 Å². The highest BCUT2D eigenvalue weighted by molar-refractivity contribution is 5.90. The molecule has 0 atom stereocenters. The number of hydrogen-bond donors (Lipinski definition) is 1. The van der Waals surface area contributed by atoms with Crippen LogP contribution < -0.4 is 10.4 Å². The van der Waals surface area contributed by atoms with Gasteiger partial charge in [-0.1, -0.05) is 18.2 Å². The molecule has 0 saturated heterocycles. The molecule has 0 aliphatic carbocycles. The van der Waals surface area contributed by atoms with Gasteiger partial charge in [0.25, 0.3) is 0 Å². The monoisotopic (exact) mass is 205 g/mol. The first-order valence-corrected chi connectivity index (χ1v) is 4.21. The van der Waals surface area contributed by atoms with Crippen LogP contribution in [0, 0.1) is 0 Å². The summed E-state index contributed by atoms with van der Waals surface area (Å²) >= 11 is 0. The van der Waals surface area contributed by atoms with Crippen LogP contribution >= 0.6 is 0 Å². The van der Waals surface area contributed by atoms with Gasteiger partial charge in [0.05, 0.1) is 6.20 Å². The van der Waals surface area contributed by atoms with E-state index in [-0.39, 0.29) is 5.56 Å². The van der Waals surface area contributed by atoms with Gasteiger partial charge in [-0.05, 0) is 12.1 Å². The van der Waals surface area contributed by atoms with Crippen molar-refractivity contribution < 1.29 is 14.1 Å². The Morgan fingerprint density at radius 2 is 2.00 bits per heavy atom. The molecule has 0 saturated carbocycles. The maximum Gasteiger partial charge on any atom is 0.371 e. The molecule has 0 aliphatic heterocycles. The lowest BCUT2D eigenvalue weighted by molar-refractivity contribution is 0.0732. The molecule has 0 aliphatic rings. The summed E-state index contributed by atoms with van der Waals surface area (Å²) in [6, 6.07) is 8.48. The molecule has 0 bridgehead atoms. The number of hydrogen-bond acceptors (Lipinski definition) is 4. The van der Waals surface area contributed by atoms with Crippen LogP contribution in [0.4, 0.5) is 0 Å². The Kier molecular flexibility index (Phi) is 2.37. The number of benzene rings is 1. The molecular formula is C10H7NO4. The number of aromatic nitrogens is 1. The largest absolute Gasteiger partial charge is 0.423 e. The lowest BCUT2D eigenvalue weighted by Crippen LogP contribution is -2.15. The molecule has 1 heterocycles. The summed E-state index contributed by atoms with van der Waals surface area (Å²) in [6.45, 7) is 0. The van der Waals surface area contributed by atoms with Gasteiger partial charge < -0.3 is 9.26 Å². The quantitative estimate of drug-likeness (QED) is 0.590. The topological polar surface area (TPSA) is 72.3 Å². The molecule has 5 heteroatoms. The van der Waals surface area contributed by atoms with E-state index in [0.717, 1.165) is 6.20 Å². The Balaban J connectivity index is 2.18. The normalized spacial score (nSPS) is 9.87. The summed E-state index contributed by atoms with van der Waals surface area (Å²) in [5, 5.41) is 2.18. The van der Waals surface area contributed by atoms with Crippen LogP contribution in [0.25, 0.3) is 0 Å². The fourth-order valence-corrected chi connectivity index (χ4v) is 1.05. The number of aromatic amines is 1. The lowest BCUT2D eigenvalue weighted by Gasteiger charge is -1.99. The third-order valence-corrected chi connectivity index (χ3v) is 1.75. The molecule has 76 valence electrons. The smallest absolute Gasteiger partial charge is 0.371 e. The van der Waals surface area contributed by atoms with Crippen LogP contribution in [-0.4, -0.2) is 11.1 Å². The SMILES string of the molecule is O=C(Oc1ccccc1)c1c[nH]oc1=O. The number of ether oxygens (including phenoxy) is 1. The van der Waals surface area contributed by atoms with E-state index in [2.05, 4.69) is 9.68 Å². The van der Waals surface area contributed by atoms with Crippen molar-refractivity contribution in [3.05, 3.63) is 52.5 Å². The number of rotatable bonds is 2. The zero-order chi connectivity index (χ0) is 10.7. The van der Waals surface area contributed by atoms with E-state index in [1.54, 1.807) is 30.3 Å². The van der Waals surface area contributed by atoms with Crippen molar-refractivity contribution in [2.24, 2.45) is 0 Å². The Morgan fingerprint density at radius 3 is 2.60 bits per heavy atom. The van der Waals surface area contributed by atoms with E-state index in [1.165, 1.54) is 0 Å². The summed E-state index contributed by atoms with van der Waals surface area (Å²) in [4.78, 5) is 22.3. The second-order valence-electron chi connectivity index (χ2n) is 2.77. The van der Waals surface area contributed by atoms with Crippen LogP contribution in [0.2, 0.25) is 0 Å². The van der Waals surface area contributed by atoms with Crippen molar-refractivity contribution >= 4 is 5.97 Å². The van der Waals surface area contributed by atoms with E-state index in [9.17, 15) is 9.59 Å². The average molecular weight is 205 g/mol. The Bertz CT molecular complexity index is 511. The van der Waals surface area contributed by atoms with Crippen molar-refractivity contribution in [1.29, 1.82) is 0 Å². The summed E-state index contributed by atoms with van der Waals surface area (Å²) < 4.78 is 9.26. The van der Waals surface area contributed by atoms with Gasteiger partial charge in [-0.15, -0.1) is 0 Å². The minimum atomic E-state index is -0.740. The van der Waals surface area contributed by atoms with E-state index in [0.29, 0.717) is 5.75 Å². The minimum Gasteiger partial charge on any atom is -0.423 e. The number of H-pyrrole nitrogens is 1. The molecule has 1 aromatic heterocycles. The summed E-state index contributed by atoms with van der Waals surface area (Å²) in [6.07, 6.45) is 1.16. The second-order valence-corrected chi connectivity index (χ2v) is 2.77. The maximum absolute atomic E-state index is 11.4. The third-order valence-electron chi connectivity index (χ3n) is 1.75. The van der Waals surface area contributed by atoms with E-state index in [1.807, 2.05) is 0 Å². The molecule has 0 amide bonds. The van der Waals surface area contributed by atoms with Crippen molar-refractivity contribution in [2.75, 3.05) is 0 Å². The molecule has 0 fully saturated rings. The third kappa shape index (κ3) is 1.96. The molecule has 0 spiro atoms. The van der Waals surface area contributed by atoms with Crippen molar-refractivity contribution in [3.8, 4) is 5.75 Å². The molecule has 2 aromatic rings. The van der Waals surface area contributed by atoms with Gasteiger partial charge >= 0.3 is 11.6 Å². The molecule has 0 radical (unpaired) electrons. The van der Waals surface area contributed by atoms with Gasteiger partial charge in [0.15, 0.2) is 5.56 Å². The van der Waals surface area contributed by atoms with Crippen LogP contribution in [0.1, 0.15) is 10.4 Å². The fraction of sp³-hybridized carbons (Fsp3) is 0. The van der Waals surface area contributed by atoms with Crippen LogP contribution in [0.3, 0.4) is 0 Å². The molecule has 0 unspecified atom stereocenters. The summed E-state index contributed by atoms with van der Waals surface area (Å²) in [5.74, 6) is -0.362. The highest BCUT2D eigenvalue weighted by Gasteiger charge is 2.15. The van der Waals surface area contributed by atoms with E-state index >= 15 is 0 Å². The zero-order valence-corrected chi connectivity index (χ0v) is 7.60. The summed E-state index contributed by atoms with van der Waals surface area (Å²) in [7, 11) is 0.